The molecule has 2 nitrogen and oxygen atoms in total. The van der Waals surface area contributed by atoms with Gasteiger partial charge in [0, 0.05) is 16.5 Å². The zero-order valence-corrected chi connectivity index (χ0v) is 16.3. The minimum Gasteiger partial charge on any atom is -0.345 e. The molecule has 1 aromatic heterocycles. The SMILES string of the molecule is CCCCCC(C)(C)c1nc(C(C)(CC)CC)c(C(C)C)[nH]1. The summed E-state index contributed by atoms with van der Waals surface area (Å²) in [6.45, 7) is 18.4. The van der Waals surface area contributed by atoms with E-state index < -0.39 is 0 Å². The summed E-state index contributed by atoms with van der Waals surface area (Å²) in [5.74, 6) is 1.69. The predicted octanol–water partition coefficient (Wildman–Crippen LogP) is 6.47. The van der Waals surface area contributed by atoms with E-state index in [2.05, 4.69) is 60.4 Å². The van der Waals surface area contributed by atoms with Gasteiger partial charge in [-0.05, 0) is 25.2 Å². The van der Waals surface area contributed by atoms with E-state index in [1.807, 2.05) is 0 Å². The Kier molecular flexibility index (Phi) is 6.70. The lowest BCUT2D eigenvalue weighted by atomic mass is 9.79. The molecule has 0 spiro atoms. The molecule has 1 aromatic rings. The molecule has 0 aliphatic carbocycles. The molecule has 0 unspecified atom stereocenters. The lowest BCUT2D eigenvalue weighted by molar-refractivity contribution is 0.410. The van der Waals surface area contributed by atoms with Gasteiger partial charge in [-0.25, -0.2) is 4.98 Å². The van der Waals surface area contributed by atoms with Gasteiger partial charge in [0.25, 0.3) is 0 Å². The van der Waals surface area contributed by atoms with Crippen molar-refractivity contribution in [3.63, 3.8) is 0 Å². The van der Waals surface area contributed by atoms with Crippen LogP contribution in [0.25, 0.3) is 0 Å². The van der Waals surface area contributed by atoms with Crippen LogP contribution in [0.2, 0.25) is 0 Å². The molecule has 0 aliphatic rings. The molecule has 1 heterocycles. The molecule has 2 heteroatoms. The number of nitrogens with one attached hydrogen (secondary N) is 1. The van der Waals surface area contributed by atoms with Crippen LogP contribution in [0.1, 0.15) is 117 Å². The molecule has 22 heavy (non-hydrogen) atoms. The molecule has 0 bridgehead atoms. The number of hydrogen-bond acceptors (Lipinski definition) is 1. The second-order valence-corrected chi connectivity index (χ2v) is 8.11. The summed E-state index contributed by atoms with van der Waals surface area (Å²) >= 11 is 0. The first-order valence-corrected chi connectivity index (χ1v) is 9.32. The third-order valence-electron chi connectivity index (χ3n) is 5.49. The summed E-state index contributed by atoms with van der Waals surface area (Å²) in [4.78, 5) is 8.85. The van der Waals surface area contributed by atoms with Crippen molar-refractivity contribution in [3.8, 4) is 0 Å². The fraction of sp³-hybridized carbons (Fsp3) is 0.850. The lowest BCUT2D eigenvalue weighted by Crippen LogP contribution is -2.23. The van der Waals surface area contributed by atoms with Crippen molar-refractivity contribution in [2.45, 2.75) is 111 Å². The quantitative estimate of drug-likeness (QED) is 0.520. The number of imidazole rings is 1. The molecular weight excluding hydrogens is 268 g/mol. The van der Waals surface area contributed by atoms with Crippen molar-refractivity contribution in [1.82, 2.24) is 9.97 Å². The first-order chi connectivity index (χ1) is 10.2. The Morgan fingerprint density at radius 1 is 1.00 bits per heavy atom. The molecule has 0 amide bonds. The number of nitrogens with zero attached hydrogens (tertiary/aromatic N) is 1. The zero-order chi connectivity index (χ0) is 17.0. The van der Waals surface area contributed by atoms with E-state index in [4.69, 9.17) is 4.98 Å². The van der Waals surface area contributed by atoms with E-state index in [1.54, 1.807) is 0 Å². The highest BCUT2D eigenvalue weighted by molar-refractivity contribution is 5.28. The zero-order valence-electron chi connectivity index (χ0n) is 16.3. The average molecular weight is 307 g/mol. The fourth-order valence-corrected chi connectivity index (χ4v) is 3.11. The van der Waals surface area contributed by atoms with Crippen LogP contribution in [-0.2, 0) is 10.8 Å². The van der Waals surface area contributed by atoms with Gasteiger partial charge in [0.1, 0.15) is 5.82 Å². The highest BCUT2D eigenvalue weighted by Crippen LogP contribution is 2.37. The molecule has 0 atom stereocenters. The standard InChI is InChI=1S/C20H38N2/c1-9-12-13-14-19(6,7)18-21-16(15(4)5)17(22-18)20(8,10-2)11-3/h15H,9-14H2,1-8H3,(H,21,22). The normalized spacial score (nSPS) is 13.1. The number of aromatic nitrogens is 2. The Bertz CT molecular complexity index is 450. The summed E-state index contributed by atoms with van der Waals surface area (Å²) < 4.78 is 0. The molecule has 1 N–H and O–H groups in total. The largest absolute Gasteiger partial charge is 0.345 e. The van der Waals surface area contributed by atoms with Crippen LogP contribution in [0, 0.1) is 0 Å². The maximum Gasteiger partial charge on any atom is 0.112 e. The van der Waals surface area contributed by atoms with Gasteiger partial charge in [-0.1, -0.05) is 74.7 Å². The summed E-state index contributed by atoms with van der Waals surface area (Å²) in [5.41, 5.74) is 2.99. The molecule has 0 radical (unpaired) electrons. The van der Waals surface area contributed by atoms with Crippen molar-refractivity contribution < 1.29 is 0 Å². The van der Waals surface area contributed by atoms with Gasteiger partial charge in [-0.3, -0.25) is 0 Å². The number of rotatable bonds is 9. The van der Waals surface area contributed by atoms with Gasteiger partial charge >= 0.3 is 0 Å². The van der Waals surface area contributed by atoms with E-state index in [0.29, 0.717) is 5.92 Å². The second-order valence-electron chi connectivity index (χ2n) is 8.11. The summed E-state index contributed by atoms with van der Waals surface area (Å²) in [6, 6.07) is 0. The van der Waals surface area contributed by atoms with Gasteiger partial charge in [-0.15, -0.1) is 0 Å². The number of aromatic amines is 1. The van der Waals surface area contributed by atoms with Gasteiger partial charge in [-0.2, -0.15) is 0 Å². The van der Waals surface area contributed by atoms with Crippen molar-refractivity contribution >= 4 is 0 Å². The van der Waals surface area contributed by atoms with E-state index >= 15 is 0 Å². The average Bonchev–Trinajstić information content (AvgIpc) is 2.93. The summed E-state index contributed by atoms with van der Waals surface area (Å²) in [5, 5.41) is 0. The lowest BCUT2D eigenvalue weighted by Gasteiger charge is -2.27. The third kappa shape index (κ3) is 4.14. The van der Waals surface area contributed by atoms with Gasteiger partial charge < -0.3 is 4.98 Å². The van der Waals surface area contributed by atoms with Gasteiger partial charge in [0.15, 0.2) is 0 Å². The Balaban J connectivity index is 3.19. The van der Waals surface area contributed by atoms with Crippen molar-refractivity contribution in [2.24, 2.45) is 0 Å². The minimum absolute atomic E-state index is 0.138. The van der Waals surface area contributed by atoms with Crippen LogP contribution >= 0.6 is 0 Å². The van der Waals surface area contributed by atoms with Crippen LogP contribution in [0.4, 0.5) is 0 Å². The van der Waals surface area contributed by atoms with Crippen LogP contribution in [0.3, 0.4) is 0 Å². The van der Waals surface area contributed by atoms with Gasteiger partial charge in [0.05, 0.1) is 5.69 Å². The van der Waals surface area contributed by atoms with Crippen LogP contribution in [0.15, 0.2) is 0 Å². The molecular formula is C20H38N2. The van der Waals surface area contributed by atoms with E-state index in [1.165, 1.54) is 42.9 Å². The molecule has 0 saturated carbocycles. The Labute approximate surface area is 138 Å². The summed E-state index contributed by atoms with van der Waals surface area (Å²) in [7, 11) is 0. The highest BCUT2D eigenvalue weighted by atomic mass is 15.0. The molecule has 0 aromatic carbocycles. The van der Waals surface area contributed by atoms with Crippen LogP contribution < -0.4 is 0 Å². The van der Waals surface area contributed by atoms with Crippen molar-refractivity contribution in [2.75, 3.05) is 0 Å². The summed E-state index contributed by atoms with van der Waals surface area (Å²) in [6.07, 6.45) is 7.37. The van der Waals surface area contributed by atoms with E-state index in [9.17, 15) is 0 Å². The number of H-pyrrole nitrogens is 1. The Morgan fingerprint density at radius 2 is 1.59 bits per heavy atom. The van der Waals surface area contributed by atoms with Crippen LogP contribution in [-0.4, -0.2) is 9.97 Å². The monoisotopic (exact) mass is 306 g/mol. The Hall–Kier alpha value is -0.790. The second kappa shape index (κ2) is 7.66. The van der Waals surface area contributed by atoms with Crippen LogP contribution in [0.5, 0.6) is 0 Å². The predicted molar refractivity (Wildman–Crippen MR) is 97.8 cm³/mol. The van der Waals surface area contributed by atoms with Crippen molar-refractivity contribution in [1.29, 1.82) is 0 Å². The molecule has 0 aliphatic heterocycles. The maximum absolute atomic E-state index is 5.14. The smallest absolute Gasteiger partial charge is 0.112 e. The number of unbranched alkanes of at least 4 members (excludes halogenated alkanes) is 2. The fourth-order valence-electron chi connectivity index (χ4n) is 3.11. The molecule has 128 valence electrons. The molecule has 1 rings (SSSR count). The highest BCUT2D eigenvalue weighted by Gasteiger charge is 2.33. The van der Waals surface area contributed by atoms with E-state index in [-0.39, 0.29) is 10.8 Å². The van der Waals surface area contributed by atoms with E-state index in [0.717, 1.165) is 12.8 Å². The van der Waals surface area contributed by atoms with Gasteiger partial charge in [0.2, 0.25) is 0 Å². The topological polar surface area (TPSA) is 28.7 Å². The maximum atomic E-state index is 5.14. The number of hydrogen-bond donors (Lipinski definition) is 1. The first kappa shape index (κ1) is 19.3. The Morgan fingerprint density at radius 3 is 2.05 bits per heavy atom. The molecule has 0 saturated heterocycles. The minimum atomic E-state index is 0.138. The first-order valence-electron chi connectivity index (χ1n) is 9.32. The molecule has 0 fully saturated rings. The van der Waals surface area contributed by atoms with Crippen molar-refractivity contribution in [3.05, 3.63) is 17.2 Å². The third-order valence-corrected chi connectivity index (χ3v) is 5.49.